The van der Waals surface area contributed by atoms with Gasteiger partial charge in [-0.25, -0.2) is 8.42 Å². The third kappa shape index (κ3) is 8.38. The molecule has 1 heterocycles. The van der Waals surface area contributed by atoms with Crippen LogP contribution in [0.1, 0.15) is 45.6 Å². The van der Waals surface area contributed by atoms with E-state index in [9.17, 15) is 13.2 Å². The molecule has 1 aliphatic heterocycles. The molecule has 30 heavy (non-hydrogen) atoms. The van der Waals surface area contributed by atoms with Gasteiger partial charge in [-0.2, -0.15) is 4.31 Å². The number of carbonyl (C=O) groups excluding carboxylic acids is 1. The Morgan fingerprint density at radius 3 is 2.20 bits per heavy atom. The van der Waals surface area contributed by atoms with Crippen LogP contribution < -0.4 is 16.0 Å². The number of rotatable bonds is 6. The van der Waals surface area contributed by atoms with Crippen molar-refractivity contribution in [3.63, 3.8) is 0 Å². The van der Waals surface area contributed by atoms with Crippen LogP contribution >= 0.6 is 24.0 Å². The van der Waals surface area contributed by atoms with Gasteiger partial charge in [-0.3, -0.25) is 9.79 Å². The van der Waals surface area contributed by atoms with Crippen LogP contribution in [-0.4, -0.2) is 56.8 Å². The van der Waals surface area contributed by atoms with Gasteiger partial charge in [0, 0.05) is 32.2 Å². The number of nitrogens with one attached hydrogen (secondary N) is 3. The average molecular weight is 551 g/mol. The Labute approximate surface area is 197 Å². The molecule has 0 saturated carbocycles. The Bertz CT molecular complexity index is 814. The van der Waals surface area contributed by atoms with E-state index in [1.807, 2.05) is 20.8 Å². The van der Waals surface area contributed by atoms with Crippen molar-refractivity contribution in [1.29, 1.82) is 0 Å². The van der Waals surface area contributed by atoms with Gasteiger partial charge in [0.2, 0.25) is 15.9 Å². The number of sulfonamides is 1. The van der Waals surface area contributed by atoms with E-state index in [1.54, 1.807) is 35.6 Å². The predicted molar refractivity (Wildman–Crippen MR) is 131 cm³/mol. The molecule has 1 saturated heterocycles. The van der Waals surface area contributed by atoms with Crippen LogP contribution in [0.25, 0.3) is 0 Å². The van der Waals surface area contributed by atoms with Crippen molar-refractivity contribution in [2.75, 3.05) is 26.7 Å². The highest BCUT2D eigenvalue weighted by Crippen LogP contribution is 2.20. The van der Waals surface area contributed by atoms with E-state index in [0.717, 1.165) is 24.8 Å². The van der Waals surface area contributed by atoms with E-state index in [0.29, 0.717) is 30.5 Å². The maximum Gasteiger partial charge on any atom is 0.243 e. The fourth-order valence-corrected chi connectivity index (χ4v) is 4.58. The molecule has 170 valence electrons. The molecule has 1 aromatic rings. The van der Waals surface area contributed by atoms with Crippen molar-refractivity contribution in [3.8, 4) is 0 Å². The molecular formula is C20H34IN5O3S. The van der Waals surface area contributed by atoms with E-state index >= 15 is 0 Å². The van der Waals surface area contributed by atoms with Crippen LogP contribution in [0.2, 0.25) is 0 Å². The molecule has 2 rings (SSSR count). The van der Waals surface area contributed by atoms with Crippen molar-refractivity contribution in [3.05, 3.63) is 29.8 Å². The molecular weight excluding hydrogens is 517 g/mol. The summed E-state index contributed by atoms with van der Waals surface area (Å²) in [4.78, 5) is 16.3. The molecule has 1 aliphatic rings. The molecule has 0 aliphatic carbocycles. The quantitative estimate of drug-likeness (QED) is 0.286. The summed E-state index contributed by atoms with van der Waals surface area (Å²) < 4.78 is 27.0. The number of piperidine rings is 1. The van der Waals surface area contributed by atoms with Gasteiger partial charge in [0.15, 0.2) is 5.96 Å². The lowest BCUT2D eigenvalue weighted by molar-refractivity contribution is -0.121. The van der Waals surface area contributed by atoms with Crippen LogP contribution in [0.15, 0.2) is 34.2 Å². The summed E-state index contributed by atoms with van der Waals surface area (Å²) in [7, 11) is -1.79. The molecule has 0 aromatic heterocycles. The number of guanidine groups is 1. The molecule has 0 radical (unpaired) electrons. The highest BCUT2D eigenvalue weighted by atomic mass is 127. The van der Waals surface area contributed by atoms with Crippen LogP contribution in [0.4, 0.5) is 0 Å². The Hall–Kier alpha value is -1.40. The number of amides is 1. The molecule has 8 nitrogen and oxygen atoms in total. The van der Waals surface area contributed by atoms with Crippen LogP contribution in [0, 0.1) is 0 Å². The van der Waals surface area contributed by atoms with Gasteiger partial charge in [-0.15, -0.1) is 24.0 Å². The first-order valence-corrected chi connectivity index (χ1v) is 11.4. The van der Waals surface area contributed by atoms with Crippen molar-refractivity contribution < 1.29 is 13.2 Å². The number of nitrogens with zero attached hydrogens (tertiary/aromatic N) is 2. The van der Waals surface area contributed by atoms with Crippen LogP contribution in [0.5, 0.6) is 0 Å². The SMILES string of the molecule is CN=C(NCC(=O)NC(C)(C)C)NCc1ccc(S(=O)(=O)N2CCCCC2)cc1.I. The standard InChI is InChI=1S/C20H33N5O3S.HI/c1-20(2,3)24-18(26)15-23-19(21-4)22-14-16-8-10-17(11-9-16)29(27,28)25-12-6-5-7-13-25;/h8-11H,5-7,12-15H2,1-4H3,(H,24,26)(H2,21,22,23);1H. The van der Waals surface area contributed by atoms with Crippen molar-refractivity contribution in [1.82, 2.24) is 20.3 Å². The summed E-state index contributed by atoms with van der Waals surface area (Å²) >= 11 is 0. The first-order valence-electron chi connectivity index (χ1n) is 9.96. The molecule has 10 heteroatoms. The fourth-order valence-electron chi connectivity index (χ4n) is 3.07. The molecule has 1 amide bonds. The maximum atomic E-state index is 12.7. The second-order valence-corrected chi connectivity index (χ2v) is 10.1. The number of carbonyl (C=O) groups is 1. The fraction of sp³-hybridized carbons (Fsp3) is 0.600. The number of hydrogen-bond acceptors (Lipinski definition) is 4. The number of hydrogen-bond donors (Lipinski definition) is 3. The van der Waals surface area contributed by atoms with Gasteiger partial charge >= 0.3 is 0 Å². The highest BCUT2D eigenvalue weighted by Gasteiger charge is 2.25. The number of aliphatic imine (C=N–C) groups is 1. The molecule has 3 N–H and O–H groups in total. The van der Waals surface area contributed by atoms with Crippen molar-refractivity contribution in [2.45, 2.75) is 57.0 Å². The minimum absolute atomic E-state index is 0. The zero-order valence-electron chi connectivity index (χ0n) is 18.2. The second kappa shape index (κ2) is 11.8. The van der Waals surface area contributed by atoms with Crippen molar-refractivity contribution >= 4 is 45.9 Å². The molecule has 1 fully saturated rings. The third-order valence-corrected chi connectivity index (χ3v) is 6.40. The van der Waals surface area contributed by atoms with E-state index in [2.05, 4.69) is 20.9 Å². The smallest absolute Gasteiger partial charge is 0.243 e. The zero-order valence-corrected chi connectivity index (χ0v) is 21.3. The second-order valence-electron chi connectivity index (χ2n) is 8.19. The van der Waals surface area contributed by atoms with Gasteiger partial charge < -0.3 is 16.0 Å². The number of halogens is 1. The van der Waals surface area contributed by atoms with Gasteiger partial charge in [0.1, 0.15) is 0 Å². The minimum Gasteiger partial charge on any atom is -0.352 e. The first-order chi connectivity index (χ1) is 13.6. The van der Waals surface area contributed by atoms with Crippen LogP contribution in [-0.2, 0) is 21.4 Å². The monoisotopic (exact) mass is 551 g/mol. The van der Waals surface area contributed by atoms with E-state index in [1.165, 1.54) is 0 Å². The lowest BCUT2D eigenvalue weighted by Crippen LogP contribution is -2.48. The van der Waals surface area contributed by atoms with Crippen molar-refractivity contribution in [2.24, 2.45) is 4.99 Å². The maximum absolute atomic E-state index is 12.7. The largest absolute Gasteiger partial charge is 0.352 e. The lowest BCUT2D eigenvalue weighted by atomic mass is 10.1. The van der Waals surface area contributed by atoms with Crippen LogP contribution in [0.3, 0.4) is 0 Å². The number of benzene rings is 1. The van der Waals surface area contributed by atoms with Gasteiger partial charge in [0.25, 0.3) is 0 Å². The topological polar surface area (TPSA) is 103 Å². The summed E-state index contributed by atoms with van der Waals surface area (Å²) in [6.07, 6.45) is 2.92. The summed E-state index contributed by atoms with van der Waals surface area (Å²) in [5, 5.41) is 8.96. The third-order valence-electron chi connectivity index (χ3n) is 4.49. The summed E-state index contributed by atoms with van der Waals surface area (Å²) in [6, 6.07) is 6.88. The van der Waals surface area contributed by atoms with Gasteiger partial charge in [-0.05, 0) is 51.3 Å². The highest BCUT2D eigenvalue weighted by molar-refractivity contribution is 14.0. The Morgan fingerprint density at radius 2 is 1.67 bits per heavy atom. The van der Waals surface area contributed by atoms with Gasteiger partial charge in [0.05, 0.1) is 11.4 Å². The summed E-state index contributed by atoms with van der Waals surface area (Å²) in [5.74, 6) is 0.381. The van der Waals surface area contributed by atoms with E-state index in [-0.39, 0.29) is 42.0 Å². The normalized spacial score (nSPS) is 15.8. The predicted octanol–water partition coefficient (Wildman–Crippen LogP) is 2.06. The summed E-state index contributed by atoms with van der Waals surface area (Å²) in [6.45, 7) is 7.54. The summed E-state index contributed by atoms with van der Waals surface area (Å²) in [5.41, 5.74) is 0.635. The van der Waals surface area contributed by atoms with E-state index in [4.69, 9.17) is 0 Å². The molecule has 0 spiro atoms. The zero-order chi connectivity index (χ0) is 21.5. The molecule has 1 aromatic carbocycles. The average Bonchev–Trinajstić information content (AvgIpc) is 2.68. The minimum atomic E-state index is -3.42. The molecule has 0 unspecified atom stereocenters. The van der Waals surface area contributed by atoms with E-state index < -0.39 is 10.0 Å². The molecule has 0 atom stereocenters. The Morgan fingerprint density at radius 1 is 1.07 bits per heavy atom. The Kier molecular flexibility index (Phi) is 10.5. The molecule has 0 bridgehead atoms. The Balaban J connectivity index is 0.00000450. The lowest BCUT2D eigenvalue weighted by Gasteiger charge is -2.25. The van der Waals surface area contributed by atoms with Gasteiger partial charge in [-0.1, -0.05) is 18.6 Å². The first kappa shape index (κ1) is 26.6.